The van der Waals surface area contributed by atoms with Gasteiger partial charge in [-0.05, 0) is 36.4 Å². The highest BCUT2D eigenvalue weighted by Gasteiger charge is 2.24. The van der Waals surface area contributed by atoms with Crippen LogP contribution >= 0.6 is 0 Å². The lowest BCUT2D eigenvalue weighted by Crippen LogP contribution is -2.25. The van der Waals surface area contributed by atoms with Gasteiger partial charge >= 0.3 is 0 Å². The largest absolute Gasteiger partial charge is 0.710 e. The second-order valence-corrected chi connectivity index (χ2v) is 6.29. The van der Waals surface area contributed by atoms with Gasteiger partial charge in [0, 0.05) is 24.2 Å². The van der Waals surface area contributed by atoms with Gasteiger partial charge in [0.25, 0.3) is 0 Å². The monoisotopic (exact) mass is 400 g/mol. The van der Waals surface area contributed by atoms with Gasteiger partial charge in [-0.25, -0.2) is 18.7 Å². The van der Waals surface area contributed by atoms with Gasteiger partial charge in [-0.15, -0.1) is 0 Å². The highest BCUT2D eigenvalue weighted by molar-refractivity contribution is 5.88. The molecule has 0 saturated heterocycles. The number of carbonyl (C=O) groups is 1. The van der Waals surface area contributed by atoms with Crippen LogP contribution in [0.1, 0.15) is 6.92 Å². The fourth-order valence-corrected chi connectivity index (χ4v) is 2.98. The number of imidazole rings is 1. The molecule has 0 atom stereocenters. The Morgan fingerprint density at radius 3 is 2.72 bits per heavy atom. The number of hydrogen-bond donors (Lipinski definition) is 2. The van der Waals surface area contributed by atoms with Crippen LogP contribution in [0.5, 0.6) is 0 Å². The molecule has 2 heterocycles. The SMILES string of the molecule is CC(=O)Nc1cc(-c2c(-c3ccc(F)cc3)[n+]([O-])cn2CCOCCO)ccn1. The van der Waals surface area contributed by atoms with Crippen molar-refractivity contribution in [2.24, 2.45) is 0 Å². The summed E-state index contributed by atoms with van der Waals surface area (Å²) >= 11 is 0. The Morgan fingerprint density at radius 2 is 2.03 bits per heavy atom. The molecule has 152 valence electrons. The lowest BCUT2D eigenvalue weighted by atomic mass is 10.1. The summed E-state index contributed by atoms with van der Waals surface area (Å²) in [6, 6.07) is 9.02. The number of ether oxygens (including phenoxy) is 1. The van der Waals surface area contributed by atoms with Crippen LogP contribution in [0.25, 0.3) is 22.5 Å². The molecule has 3 rings (SSSR count). The van der Waals surface area contributed by atoms with Gasteiger partial charge in [0.05, 0.1) is 19.8 Å². The molecule has 3 aromatic rings. The van der Waals surface area contributed by atoms with Gasteiger partial charge < -0.3 is 20.4 Å². The molecular weight excluding hydrogens is 379 g/mol. The van der Waals surface area contributed by atoms with Crippen molar-refractivity contribution in [2.75, 3.05) is 25.1 Å². The molecule has 0 aliphatic carbocycles. The maximum Gasteiger partial charge on any atom is 0.247 e. The van der Waals surface area contributed by atoms with Crippen LogP contribution in [0.15, 0.2) is 48.9 Å². The van der Waals surface area contributed by atoms with Gasteiger partial charge in [0.1, 0.15) is 18.2 Å². The number of halogens is 1. The van der Waals surface area contributed by atoms with Crippen molar-refractivity contribution >= 4 is 11.7 Å². The molecule has 8 nitrogen and oxygen atoms in total. The van der Waals surface area contributed by atoms with E-state index in [4.69, 9.17) is 9.84 Å². The summed E-state index contributed by atoms with van der Waals surface area (Å²) in [4.78, 5) is 15.5. The third kappa shape index (κ3) is 4.95. The predicted octanol–water partition coefficient (Wildman–Crippen LogP) is 1.96. The molecule has 0 radical (unpaired) electrons. The lowest BCUT2D eigenvalue weighted by molar-refractivity contribution is -0.593. The number of carbonyl (C=O) groups excluding carboxylic acids is 1. The first-order chi connectivity index (χ1) is 14.0. The smallest absolute Gasteiger partial charge is 0.247 e. The van der Waals surface area contributed by atoms with E-state index in [9.17, 15) is 14.4 Å². The Kier molecular flexibility index (Phi) is 6.53. The van der Waals surface area contributed by atoms with Crippen molar-refractivity contribution in [3.05, 3.63) is 59.9 Å². The van der Waals surface area contributed by atoms with Crippen LogP contribution in [0.4, 0.5) is 10.2 Å². The van der Waals surface area contributed by atoms with Crippen molar-refractivity contribution in [2.45, 2.75) is 13.5 Å². The zero-order valence-corrected chi connectivity index (χ0v) is 15.8. The van der Waals surface area contributed by atoms with Gasteiger partial charge in [0.15, 0.2) is 11.4 Å². The van der Waals surface area contributed by atoms with E-state index in [0.717, 1.165) is 0 Å². The number of aliphatic hydroxyl groups excluding tert-OH is 1. The van der Waals surface area contributed by atoms with Crippen molar-refractivity contribution in [3.63, 3.8) is 0 Å². The molecule has 0 unspecified atom stereocenters. The molecule has 0 saturated carbocycles. The Hall–Kier alpha value is -3.30. The fourth-order valence-electron chi connectivity index (χ4n) is 2.98. The fraction of sp³-hybridized carbons (Fsp3) is 0.250. The number of hydrogen-bond acceptors (Lipinski definition) is 5. The molecule has 0 bridgehead atoms. The van der Waals surface area contributed by atoms with E-state index >= 15 is 0 Å². The molecule has 9 heteroatoms. The zero-order valence-electron chi connectivity index (χ0n) is 15.8. The van der Waals surface area contributed by atoms with Gasteiger partial charge in [-0.2, -0.15) is 0 Å². The van der Waals surface area contributed by atoms with Crippen molar-refractivity contribution in [1.82, 2.24) is 9.55 Å². The van der Waals surface area contributed by atoms with Crippen molar-refractivity contribution < 1.29 is 23.8 Å². The molecule has 0 aliphatic rings. The number of rotatable bonds is 8. The standard InChI is InChI=1S/C20H21FN4O4/c1-14(27)23-18-12-16(6-7-22-18)19-20(15-2-4-17(21)5-3-15)25(28)13-24(19)8-10-29-11-9-26/h2-7,12-13,26H,8-11H2,1H3,(H,22,23,27). The molecule has 0 spiro atoms. The van der Waals surface area contributed by atoms with E-state index in [1.54, 1.807) is 16.7 Å². The number of anilines is 1. The van der Waals surface area contributed by atoms with E-state index in [2.05, 4.69) is 10.3 Å². The molecule has 2 N–H and O–H groups in total. The number of pyridine rings is 1. The van der Waals surface area contributed by atoms with Crippen molar-refractivity contribution in [3.8, 4) is 22.5 Å². The summed E-state index contributed by atoms with van der Waals surface area (Å²) in [7, 11) is 0. The average Bonchev–Trinajstić information content (AvgIpc) is 3.02. The van der Waals surface area contributed by atoms with Crippen LogP contribution < -0.4 is 10.0 Å². The molecule has 29 heavy (non-hydrogen) atoms. The average molecular weight is 400 g/mol. The Labute approximate surface area is 166 Å². The van der Waals surface area contributed by atoms with E-state index in [1.807, 2.05) is 0 Å². The van der Waals surface area contributed by atoms with Gasteiger partial charge in [0.2, 0.25) is 12.2 Å². The topological polar surface area (TPSA) is 103 Å². The van der Waals surface area contributed by atoms with E-state index in [-0.39, 0.29) is 25.7 Å². The van der Waals surface area contributed by atoms with Gasteiger partial charge in [-0.3, -0.25) is 4.79 Å². The molecule has 1 aromatic carbocycles. The van der Waals surface area contributed by atoms with Crippen LogP contribution in [0.3, 0.4) is 0 Å². The molecule has 1 amide bonds. The third-order valence-corrected chi connectivity index (χ3v) is 4.14. The first-order valence-corrected chi connectivity index (χ1v) is 9.00. The Bertz CT molecular complexity index is 989. The van der Waals surface area contributed by atoms with E-state index in [0.29, 0.717) is 39.6 Å². The number of aliphatic hydroxyl groups is 1. The number of benzene rings is 1. The number of nitrogens with zero attached hydrogens (tertiary/aromatic N) is 3. The molecule has 0 fully saturated rings. The second kappa shape index (κ2) is 9.26. The predicted molar refractivity (Wildman–Crippen MR) is 104 cm³/mol. The summed E-state index contributed by atoms with van der Waals surface area (Å²) in [5, 5.41) is 24.2. The van der Waals surface area contributed by atoms with Crippen LogP contribution in [-0.4, -0.2) is 40.4 Å². The first-order valence-electron chi connectivity index (χ1n) is 9.00. The highest BCUT2D eigenvalue weighted by atomic mass is 19.1. The second-order valence-electron chi connectivity index (χ2n) is 6.29. The normalized spacial score (nSPS) is 10.9. The number of amides is 1. The van der Waals surface area contributed by atoms with Crippen LogP contribution in [-0.2, 0) is 16.1 Å². The maximum absolute atomic E-state index is 13.4. The summed E-state index contributed by atoms with van der Waals surface area (Å²) < 4.78 is 21.1. The molecular formula is C20H21FN4O4. The number of nitrogens with one attached hydrogen (secondary N) is 1. The lowest BCUT2D eigenvalue weighted by Gasteiger charge is -2.08. The number of aromatic nitrogens is 3. The Morgan fingerprint density at radius 1 is 1.28 bits per heavy atom. The minimum Gasteiger partial charge on any atom is -0.710 e. The molecule has 0 aliphatic heterocycles. The Balaban J connectivity index is 2.08. The minimum atomic E-state index is -0.401. The summed E-state index contributed by atoms with van der Waals surface area (Å²) in [5.41, 5.74) is 2.12. The summed E-state index contributed by atoms with van der Waals surface area (Å²) in [6.07, 6.45) is 2.92. The van der Waals surface area contributed by atoms with Crippen molar-refractivity contribution in [1.29, 1.82) is 0 Å². The zero-order chi connectivity index (χ0) is 20.8. The third-order valence-electron chi connectivity index (χ3n) is 4.14. The highest BCUT2D eigenvalue weighted by Crippen LogP contribution is 2.31. The van der Waals surface area contributed by atoms with Crippen LogP contribution in [0, 0.1) is 11.0 Å². The minimum absolute atomic E-state index is 0.0919. The maximum atomic E-state index is 13.4. The van der Waals surface area contributed by atoms with E-state index in [1.165, 1.54) is 43.7 Å². The first kappa shape index (κ1) is 20.4. The summed E-state index contributed by atoms with van der Waals surface area (Å²) in [5.74, 6) is -0.316. The summed E-state index contributed by atoms with van der Waals surface area (Å²) in [6.45, 7) is 2.13. The molecule has 2 aromatic heterocycles. The van der Waals surface area contributed by atoms with Gasteiger partial charge in [-0.1, -0.05) is 0 Å². The van der Waals surface area contributed by atoms with Crippen LogP contribution in [0.2, 0.25) is 0 Å². The van der Waals surface area contributed by atoms with E-state index < -0.39 is 5.82 Å². The quantitative estimate of drug-likeness (QED) is 0.342.